The number of anilines is 1. The molecule has 7 heteroatoms. The molecule has 0 saturated carbocycles. The highest BCUT2D eigenvalue weighted by atomic mass is 19.4. The van der Waals surface area contributed by atoms with E-state index in [0.29, 0.717) is 6.54 Å². The van der Waals surface area contributed by atoms with Crippen LogP contribution in [-0.2, 0) is 6.42 Å². The lowest BCUT2D eigenvalue weighted by Gasteiger charge is -1.99. The summed E-state index contributed by atoms with van der Waals surface area (Å²) in [5.74, 6) is -0.351. The number of aromatic nitrogens is 2. The van der Waals surface area contributed by atoms with Crippen molar-refractivity contribution in [1.29, 1.82) is 0 Å². The highest BCUT2D eigenvalue weighted by molar-refractivity contribution is 5.17. The summed E-state index contributed by atoms with van der Waals surface area (Å²) < 4.78 is 40.1. The van der Waals surface area contributed by atoms with Crippen LogP contribution < -0.4 is 5.32 Å². The van der Waals surface area contributed by atoms with Crippen LogP contribution in [-0.4, -0.2) is 22.9 Å². The quantitative estimate of drug-likeness (QED) is 0.823. The molecule has 80 valence electrons. The smallest absolute Gasteiger partial charge is 0.338 e. The first-order chi connectivity index (χ1) is 6.51. The van der Waals surface area contributed by atoms with Gasteiger partial charge in [0.25, 0.3) is 0 Å². The van der Waals surface area contributed by atoms with E-state index in [2.05, 4.69) is 20.0 Å². The van der Waals surface area contributed by atoms with E-state index in [1.807, 2.05) is 6.92 Å². The molecule has 1 rings (SSSR count). The monoisotopic (exact) mass is 209 g/mol. The Hall–Kier alpha value is -1.27. The minimum absolute atomic E-state index is 0.0334. The van der Waals surface area contributed by atoms with E-state index >= 15 is 0 Å². The van der Waals surface area contributed by atoms with Gasteiger partial charge in [0, 0.05) is 6.54 Å². The Labute approximate surface area is 78.5 Å². The Morgan fingerprint density at radius 1 is 1.43 bits per heavy atom. The van der Waals surface area contributed by atoms with Gasteiger partial charge in [-0.2, -0.15) is 18.2 Å². The van der Waals surface area contributed by atoms with E-state index in [4.69, 9.17) is 0 Å². The number of alkyl halides is 3. The molecule has 14 heavy (non-hydrogen) atoms. The van der Waals surface area contributed by atoms with Crippen LogP contribution in [0.25, 0.3) is 0 Å². The molecule has 0 aliphatic heterocycles. The number of nitrogens with one attached hydrogen (secondary N) is 1. The van der Waals surface area contributed by atoms with Crippen molar-refractivity contribution >= 4 is 6.01 Å². The molecule has 0 unspecified atom stereocenters. The van der Waals surface area contributed by atoms with Gasteiger partial charge in [0.15, 0.2) is 5.82 Å². The van der Waals surface area contributed by atoms with Crippen LogP contribution in [0.15, 0.2) is 4.52 Å². The van der Waals surface area contributed by atoms with Crippen molar-refractivity contribution in [3.8, 4) is 0 Å². The van der Waals surface area contributed by atoms with Gasteiger partial charge in [-0.05, 0) is 6.42 Å². The summed E-state index contributed by atoms with van der Waals surface area (Å²) >= 11 is 0. The second-order valence-corrected chi connectivity index (χ2v) is 2.73. The molecule has 1 N–H and O–H groups in total. The van der Waals surface area contributed by atoms with Crippen LogP contribution in [0.2, 0.25) is 0 Å². The SMILES string of the molecule is CCCNc1nc(CC(F)(F)F)no1. The Balaban J connectivity index is 2.51. The van der Waals surface area contributed by atoms with Crippen LogP contribution in [0.4, 0.5) is 19.2 Å². The Bertz CT molecular complexity index is 284. The zero-order valence-electron chi connectivity index (χ0n) is 7.56. The van der Waals surface area contributed by atoms with Gasteiger partial charge in [-0.15, -0.1) is 0 Å². The number of rotatable bonds is 4. The summed E-state index contributed by atoms with van der Waals surface area (Å²) in [7, 11) is 0. The molecular weight excluding hydrogens is 199 g/mol. The van der Waals surface area contributed by atoms with Gasteiger partial charge in [-0.25, -0.2) is 0 Å². The third-order valence-corrected chi connectivity index (χ3v) is 1.35. The molecule has 0 bridgehead atoms. The summed E-state index contributed by atoms with van der Waals surface area (Å²) in [5, 5.41) is 5.88. The van der Waals surface area contributed by atoms with Crippen molar-refractivity contribution < 1.29 is 17.7 Å². The zero-order chi connectivity index (χ0) is 10.6. The van der Waals surface area contributed by atoms with Crippen molar-refractivity contribution in [2.75, 3.05) is 11.9 Å². The molecular formula is C7H10F3N3O. The van der Waals surface area contributed by atoms with Crippen LogP contribution in [0.5, 0.6) is 0 Å². The molecule has 0 radical (unpaired) electrons. The lowest BCUT2D eigenvalue weighted by molar-refractivity contribution is -0.128. The fraction of sp³-hybridized carbons (Fsp3) is 0.714. The first kappa shape index (κ1) is 10.8. The van der Waals surface area contributed by atoms with Crippen molar-refractivity contribution in [3.05, 3.63) is 5.82 Å². The average Bonchev–Trinajstić information content (AvgIpc) is 2.46. The highest BCUT2D eigenvalue weighted by Gasteiger charge is 2.30. The second-order valence-electron chi connectivity index (χ2n) is 2.73. The van der Waals surface area contributed by atoms with Gasteiger partial charge in [-0.1, -0.05) is 12.1 Å². The van der Waals surface area contributed by atoms with Crippen molar-refractivity contribution in [2.45, 2.75) is 25.9 Å². The predicted octanol–water partition coefficient (Wildman–Crippen LogP) is 2.00. The van der Waals surface area contributed by atoms with Gasteiger partial charge >= 0.3 is 12.2 Å². The topological polar surface area (TPSA) is 51.0 Å². The van der Waals surface area contributed by atoms with Crippen molar-refractivity contribution in [3.63, 3.8) is 0 Å². The van der Waals surface area contributed by atoms with Crippen molar-refractivity contribution in [1.82, 2.24) is 10.1 Å². The minimum atomic E-state index is -4.30. The third kappa shape index (κ3) is 3.63. The highest BCUT2D eigenvalue weighted by Crippen LogP contribution is 2.20. The van der Waals surface area contributed by atoms with Crippen LogP contribution in [0.1, 0.15) is 19.2 Å². The Morgan fingerprint density at radius 3 is 2.71 bits per heavy atom. The molecule has 0 aromatic carbocycles. The van der Waals surface area contributed by atoms with E-state index in [9.17, 15) is 13.2 Å². The maximum Gasteiger partial charge on any atom is 0.396 e. The molecule has 1 aromatic heterocycles. The lowest BCUT2D eigenvalue weighted by atomic mass is 10.4. The van der Waals surface area contributed by atoms with E-state index in [1.54, 1.807) is 0 Å². The van der Waals surface area contributed by atoms with Crippen molar-refractivity contribution in [2.24, 2.45) is 0 Å². The maximum atomic E-state index is 11.9. The molecule has 0 fully saturated rings. The maximum absolute atomic E-state index is 11.9. The molecule has 0 aliphatic carbocycles. The summed E-state index contributed by atoms with van der Waals surface area (Å²) in [6.07, 6.45) is -4.63. The predicted molar refractivity (Wildman–Crippen MR) is 42.8 cm³/mol. The van der Waals surface area contributed by atoms with Gasteiger partial charge in [-0.3, -0.25) is 0 Å². The van der Waals surface area contributed by atoms with Gasteiger partial charge in [0.2, 0.25) is 0 Å². The molecule has 4 nitrogen and oxygen atoms in total. The molecule has 1 heterocycles. The third-order valence-electron chi connectivity index (χ3n) is 1.35. The Morgan fingerprint density at radius 2 is 2.14 bits per heavy atom. The van der Waals surface area contributed by atoms with E-state index < -0.39 is 12.6 Å². The molecule has 0 spiro atoms. The number of hydrogen-bond acceptors (Lipinski definition) is 4. The summed E-state index contributed by atoms with van der Waals surface area (Å²) in [6, 6.07) is 0.0334. The molecule has 0 atom stereocenters. The summed E-state index contributed by atoms with van der Waals surface area (Å²) in [6.45, 7) is 2.51. The Kier molecular flexibility index (Phi) is 3.32. The molecule has 1 aromatic rings. The standard InChI is InChI=1S/C7H10F3N3O/c1-2-3-11-6-12-5(13-14-6)4-7(8,9)10/h2-4H2,1H3,(H,11,12,13). The first-order valence-corrected chi connectivity index (χ1v) is 4.14. The summed E-state index contributed by atoms with van der Waals surface area (Å²) in [4.78, 5) is 3.52. The zero-order valence-corrected chi connectivity index (χ0v) is 7.56. The molecule has 0 saturated heterocycles. The van der Waals surface area contributed by atoms with E-state index in [1.165, 1.54) is 0 Å². The van der Waals surface area contributed by atoms with E-state index in [-0.39, 0.29) is 11.8 Å². The first-order valence-electron chi connectivity index (χ1n) is 4.14. The number of nitrogens with zero attached hydrogens (tertiary/aromatic N) is 2. The minimum Gasteiger partial charge on any atom is -0.338 e. The lowest BCUT2D eigenvalue weighted by Crippen LogP contribution is -2.12. The molecule has 0 amide bonds. The average molecular weight is 209 g/mol. The largest absolute Gasteiger partial charge is 0.396 e. The fourth-order valence-electron chi connectivity index (χ4n) is 0.809. The number of hydrogen-bond donors (Lipinski definition) is 1. The second kappa shape index (κ2) is 4.30. The molecule has 0 aliphatic rings. The van der Waals surface area contributed by atoms with Crippen LogP contribution in [0.3, 0.4) is 0 Å². The van der Waals surface area contributed by atoms with Gasteiger partial charge < -0.3 is 9.84 Å². The van der Waals surface area contributed by atoms with Crippen LogP contribution in [0, 0.1) is 0 Å². The summed E-state index contributed by atoms with van der Waals surface area (Å²) in [5.41, 5.74) is 0. The van der Waals surface area contributed by atoms with Gasteiger partial charge in [0.1, 0.15) is 6.42 Å². The number of halogens is 3. The fourth-order valence-corrected chi connectivity index (χ4v) is 0.809. The van der Waals surface area contributed by atoms with Crippen LogP contribution >= 0.6 is 0 Å². The van der Waals surface area contributed by atoms with E-state index in [0.717, 1.165) is 6.42 Å². The normalized spacial score (nSPS) is 11.7. The van der Waals surface area contributed by atoms with Gasteiger partial charge in [0.05, 0.1) is 0 Å².